The van der Waals surface area contributed by atoms with Gasteiger partial charge in [0.1, 0.15) is 5.76 Å². The molecule has 27 heavy (non-hydrogen) atoms. The molecule has 3 heterocycles. The molecule has 0 radical (unpaired) electrons. The number of nitrogens with one attached hydrogen (secondary N) is 1. The number of carbonyl (C=O) groups excluding carboxylic acids is 1. The summed E-state index contributed by atoms with van der Waals surface area (Å²) in [5.41, 5.74) is 0.590. The van der Waals surface area contributed by atoms with Gasteiger partial charge in [0.05, 0.1) is 23.4 Å². The van der Waals surface area contributed by atoms with Crippen molar-refractivity contribution in [3.63, 3.8) is 0 Å². The smallest absolute Gasteiger partial charge is 0.344 e. The van der Waals surface area contributed by atoms with E-state index < -0.39 is 0 Å². The Bertz CT molecular complexity index is 1170. The number of carbonyl (C=O) groups is 1. The number of thioether (sulfide) groups is 1. The Labute approximate surface area is 167 Å². The van der Waals surface area contributed by atoms with Gasteiger partial charge in [-0.25, -0.2) is 9.89 Å². The van der Waals surface area contributed by atoms with E-state index in [1.807, 2.05) is 25.1 Å². The number of aromatic amines is 1. The van der Waals surface area contributed by atoms with E-state index in [-0.39, 0.29) is 23.8 Å². The van der Waals surface area contributed by atoms with Gasteiger partial charge in [-0.2, -0.15) is 0 Å². The molecular formula is C18H14ClN3O3S2. The zero-order valence-corrected chi connectivity index (χ0v) is 16.6. The molecule has 3 aromatic heterocycles. The molecule has 0 aliphatic carbocycles. The van der Waals surface area contributed by atoms with Crippen molar-refractivity contribution in [2.75, 3.05) is 5.75 Å². The molecule has 0 bridgehead atoms. The minimum atomic E-state index is -0.339. The zero-order valence-electron chi connectivity index (χ0n) is 14.2. The minimum Gasteiger partial charge on any atom is -0.467 e. The summed E-state index contributed by atoms with van der Waals surface area (Å²) in [5.74, 6) is 0.822. The van der Waals surface area contributed by atoms with Crippen LogP contribution in [0.25, 0.3) is 10.1 Å². The molecule has 1 aromatic carbocycles. The molecule has 0 fully saturated rings. The fraction of sp³-hybridized carbons (Fsp3) is 0.167. The van der Waals surface area contributed by atoms with Gasteiger partial charge in [0.15, 0.2) is 10.9 Å². The van der Waals surface area contributed by atoms with Crippen LogP contribution in [0.1, 0.15) is 21.0 Å². The number of halogens is 1. The van der Waals surface area contributed by atoms with Gasteiger partial charge < -0.3 is 4.42 Å². The third-order valence-corrected chi connectivity index (χ3v) is 6.63. The number of nitrogens with zero attached hydrogens (tertiary/aromatic N) is 2. The van der Waals surface area contributed by atoms with E-state index in [0.29, 0.717) is 20.8 Å². The highest BCUT2D eigenvalue weighted by Crippen LogP contribution is 2.33. The second-order valence-corrected chi connectivity index (χ2v) is 8.32. The van der Waals surface area contributed by atoms with Crippen molar-refractivity contribution in [2.24, 2.45) is 0 Å². The number of aryl methyl sites for hydroxylation is 1. The van der Waals surface area contributed by atoms with Crippen LogP contribution in [0.2, 0.25) is 5.02 Å². The summed E-state index contributed by atoms with van der Waals surface area (Å²) < 4.78 is 7.76. The topological polar surface area (TPSA) is 80.9 Å². The molecule has 0 saturated heterocycles. The Kier molecular flexibility index (Phi) is 4.94. The van der Waals surface area contributed by atoms with Crippen LogP contribution >= 0.6 is 34.7 Å². The maximum absolute atomic E-state index is 12.7. The van der Waals surface area contributed by atoms with E-state index in [9.17, 15) is 9.59 Å². The Morgan fingerprint density at radius 1 is 1.41 bits per heavy atom. The zero-order chi connectivity index (χ0) is 19.0. The molecule has 138 valence electrons. The highest BCUT2D eigenvalue weighted by atomic mass is 35.5. The predicted octanol–water partition coefficient (Wildman–Crippen LogP) is 4.36. The highest BCUT2D eigenvalue weighted by Gasteiger charge is 2.18. The van der Waals surface area contributed by atoms with Crippen LogP contribution < -0.4 is 5.69 Å². The largest absolute Gasteiger partial charge is 0.467 e. The number of benzene rings is 1. The molecule has 0 amide bonds. The summed E-state index contributed by atoms with van der Waals surface area (Å²) in [6, 6.07) is 9.16. The number of H-pyrrole nitrogens is 1. The molecule has 1 N–H and O–H groups in total. The molecule has 0 aliphatic rings. The summed E-state index contributed by atoms with van der Waals surface area (Å²) in [7, 11) is 0. The lowest BCUT2D eigenvalue weighted by Gasteiger charge is -2.03. The normalized spacial score (nSPS) is 11.3. The number of thiophene rings is 1. The van der Waals surface area contributed by atoms with E-state index in [0.717, 1.165) is 15.6 Å². The van der Waals surface area contributed by atoms with Gasteiger partial charge in [-0.15, -0.1) is 16.4 Å². The van der Waals surface area contributed by atoms with Crippen molar-refractivity contribution in [1.82, 2.24) is 14.8 Å². The summed E-state index contributed by atoms with van der Waals surface area (Å²) in [5, 5.41) is 8.54. The van der Waals surface area contributed by atoms with Gasteiger partial charge in [0, 0.05) is 9.72 Å². The molecule has 9 heteroatoms. The molecule has 4 rings (SSSR count). The van der Waals surface area contributed by atoms with E-state index >= 15 is 0 Å². The van der Waals surface area contributed by atoms with Crippen LogP contribution in [0.15, 0.2) is 51.0 Å². The van der Waals surface area contributed by atoms with E-state index in [1.54, 1.807) is 18.4 Å². The van der Waals surface area contributed by atoms with Crippen molar-refractivity contribution in [3.05, 3.63) is 68.3 Å². The van der Waals surface area contributed by atoms with Gasteiger partial charge in [-0.1, -0.05) is 23.4 Å². The average Bonchev–Trinajstić information content (AvgIpc) is 3.36. The molecular weight excluding hydrogens is 406 g/mol. The average molecular weight is 420 g/mol. The highest BCUT2D eigenvalue weighted by molar-refractivity contribution is 7.99. The fourth-order valence-electron chi connectivity index (χ4n) is 2.77. The quantitative estimate of drug-likeness (QED) is 0.371. The third kappa shape index (κ3) is 3.60. The van der Waals surface area contributed by atoms with Crippen LogP contribution in [-0.4, -0.2) is 26.3 Å². The first kappa shape index (κ1) is 18.1. The van der Waals surface area contributed by atoms with E-state index in [4.69, 9.17) is 16.0 Å². The number of furan rings is 1. The summed E-state index contributed by atoms with van der Waals surface area (Å²) >= 11 is 8.74. The van der Waals surface area contributed by atoms with Crippen molar-refractivity contribution < 1.29 is 9.21 Å². The second kappa shape index (κ2) is 7.38. The first-order valence-corrected chi connectivity index (χ1v) is 10.2. The number of hydrogen-bond donors (Lipinski definition) is 1. The van der Waals surface area contributed by atoms with Gasteiger partial charge in [0.2, 0.25) is 0 Å². The first-order valence-electron chi connectivity index (χ1n) is 8.05. The van der Waals surface area contributed by atoms with Crippen molar-refractivity contribution >= 4 is 50.6 Å². The molecule has 0 saturated carbocycles. The standard InChI is InChI=1S/C18H14ClN3O3S2/c1-10-13-7-11(19)4-5-15(13)27-16(10)14(23)9-26-18-21-20-17(24)22(18)8-12-3-2-6-25-12/h2-7H,8-9H2,1H3,(H,20,24). The van der Waals surface area contributed by atoms with Crippen LogP contribution in [-0.2, 0) is 6.54 Å². The van der Waals surface area contributed by atoms with Crippen LogP contribution in [0.4, 0.5) is 0 Å². The van der Waals surface area contributed by atoms with Crippen molar-refractivity contribution in [2.45, 2.75) is 18.6 Å². The lowest BCUT2D eigenvalue weighted by Crippen LogP contribution is -2.18. The molecule has 4 aromatic rings. The number of rotatable bonds is 6. The number of Topliss-reactive ketones (excluding diaryl/α,β-unsaturated/α-hetero) is 1. The van der Waals surface area contributed by atoms with Crippen molar-refractivity contribution in [1.29, 1.82) is 0 Å². The summed E-state index contributed by atoms with van der Waals surface area (Å²) in [6.07, 6.45) is 1.55. The predicted molar refractivity (Wildman–Crippen MR) is 107 cm³/mol. The third-order valence-electron chi connectivity index (χ3n) is 4.10. The fourth-order valence-corrected chi connectivity index (χ4v) is 4.97. The Hall–Kier alpha value is -2.29. The molecule has 0 atom stereocenters. The number of fused-ring (bicyclic) bond motifs is 1. The van der Waals surface area contributed by atoms with Crippen LogP contribution in [0.5, 0.6) is 0 Å². The summed E-state index contributed by atoms with van der Waals surface area (Å²) in [6.45, 7) is 2.19. The molecule has 6 nitrogen and oxygen atoms in total. The Morgan fingerprint density at radius 3 is 3.04 bits per heavy atom. The lowest BCUT2D eigenvalue weighted by atomic mass is 10.1. The molecule has 0 aliphatic heterocycles. The monoisotopic (exact) mass is 419 g/mol. The Morgan fingerprint density at radius 2 is 2.26 bits per heavy atom. The first-order chi connectivity index (χ1) is 13.0. The van der Waals surface area contributed by atoms with Crippen LogP contribution in [0, 0.1) is 6.92 Å². The van der Waals surface area contributed by atoms with Gasteiger partial charge in [-0.3, -0.25) is 9.36 Å². The SMILES string of the molecule is Cc1c(C(=O)CSc2n[nH]c(=O)n2Cc2ccco2)sc2ccc(Cl)cc12. The second-order valence-electron chi connectivity index (χ2n) is 5.89. The van der Waals surface area contributed by atoms with Gasteiger partial charge >= 0.3 is 5.69 Å². The van der Waals surface area contributed by atoms with Gasteiger partial charge in [0.25, 0.3) is 0 Å². The molecule has 0 spiro atoms. The van der Waals surface area contributed by atoms with Crippen LogP contribution in [0.3, 0.4) is 0 Å². The number of aromatic nitrogens is 3. The minimum absolute atomic E-state index is 0.00480. The summed E-state index contributed by atoms with van der Waals surface area (Å²) in [4.78, 5) is 25.4. The Balaban J connectivity index is 1.53. The lowest BCUT2D eigenvalue weighted by molar-refractivity contribution is 0.102. The van der Waals surface area contributed by atoms with E-state index in [1.165, 1.54) is 27.7 Å². The number of ketones is 1. The number of hydrogen-bond acceptors (Lipinski definition) is 6. The molecule has 0 unspecified atom stereocenters. The van der Waals surface area contributed by atoms with Gasteiger partial charge in [-0.05, 0) is 48.2 Å². The van der Waals surface area contributed by atoms with Crippen molar-refractivity contribution in [3.8, 4) is 0 Å². The maximum atomic E-state index is 12.7. The van der Waals surface area contributed by atoms with E-state index in [2.05, 4.69) is 10.2 Å². The maximum Gasteiger partial charge on any atom is 0.344 e.